The van der Waals surface area contributed by atoms with E-state index in [1.807, 2.05) is 0 Å². The second kappa shape index (κ2) is 5.28. The molecule has 0 atom stereocenters. The van der Waals surface area contributed by atoms with Gasteiger partial charge in [-0.3, -0.25) is 4.79 Å². The van der Waals surface area contributed by atoms with Crippen LogP contribution in [0.25, 0.3) is 0 Å². The molecule has 18 heavy (non-hydrogen) atoms. The Bertz CT molecular complexity index is 456. The van der Waals surface area contributed by atoms with E-state index in [1.54, 1.807) is 12.1 Å². The normalized spacial score (nSPS) is 17.7. The molecule has 1 aliphatic rings. The topological polar surface area (TPSA) is 69.6 Å². The van der Waals surface area contributed by atoms with Gasteiger partial charge in [-0.15, -0.1) is 0 Å². The van der Waals surface area contributed by atoms with Gasteiger partial charge in [-0.25, -0.2) is 0 Å². The third-order valence-corrected chi connectivity index (χ3v) is 3.81. The number of phenols is 1. The fraction of sp³-hybridized carbons (Fsp3) is 0.462. The van der Waals surface area contributed by atoms with Crippen LogP contribution in [0.4, 0.5) is 0 Å². The summed E-state index contributed by atoms with van der Waals surface area (Å²) >= 11 is 3.22. The van der Waals surface area contributed by atoms with Crippen molar-refractivity contribution in [2.75, 3.05) is 6.54 Å². The highest BCUT2D eigenvalue weighted by molar-refractivity contribution is 9.10. The standard InChI is InChI=1S/C13H16BrNO3/c14-9-3-4-10(11(16)7-9)12(17)15-8-13(18)5-1-2-6-13/h3-4,7,16,18H,1-2,5-6,8H2,(H,15,17). The number of amides is 1. The highest BCUT2D eigenvalue weighted by Crippen LogP contribution is 2.29. The van der Waals surface area contributed by atoms with Crippen molar-refractivity contribution in [3.63, 3.8) is 0 Å². The average Bonchev–Trinajstić information content (AvgIpc) is 2.74. The van der Waals surface area contributed by atoms with Gasteiger partial charge in [0, 0.05) is 11.0 Å². The highest BCUT2D eigenvalue weighted by Gasteiger charge is 2.31. The fourth-order valence-electron chi connectivity index (χ4n) is 2.25. The maximum atomic E-state index is 11.9. The van der Waals surface area contributed by atoms with Gasteiger partial charge in [0.1, 0.15) is 5.75 Å². The smallest absolute Gasteiger partial charge is 0.255 e. The van der Waals surface area contributed by atoms with Gasteiger partial charge in [0.25, 0.3) is 5.91 Å². The lowest BCUT2D eigenvalue weighted by Gasteiger charge is -2.22. The SMILES string of the molecule is O=C(NCC1(O)CCCC1)c1ccc(Br)cc1O. The van der Waals surface area contributed by atoms with Gasteiger partial charge < -0.3 is 15.5 Å². The highest BCUT2D eigenvalue weighted by atomic mass is 79.9. The first-order valence-corrected chi connectivity index (χ1v) is 6.79. The molecule has 0 aliphatic heterocycles. The average molecular weight is 314 g/mol. The largest absolute Gasteiger partial charge is 0.507 e. The van der Waals surface area contributed by atoms with Crippen LogP contribution in [-0.2, 0) is 0 Å². The van der Waals surface area contributed by atoms with Gasteiger partial charge in [-0.05, 0) is 31.0 Å². The number of rotatable bonds is 3. The molecule has 0 bridgehead atoms. The Morgan fingerprint density at radius 3 is 2.67 bits per heavy atom. The van der Waals surface area contributed by atoms with Crippen LogP contribution in [0.2, 0.25) is 0 Å². The summed E-state index contributed by atoms with van der Waals surface area (Å²) in [5.41, 5.74) is -0.555. The Balaban J connectivity index is 1.99. The predicted octanol–water partition coefficient (Wildman–Crippen LogP) is 2.19. The molecule has 1 aliphatic carbocycles. The van der Waals surface area contributed by atoms with Crippen molar-refractivity contribution in [2.45, 2.75) is 31.3 Å². The van der Waals surface area contributed by atoms with Gasteiger partial charge >= 0.3 is 0 Å². The zero-order valence-corrected chi connectivity index (χ0v) is 11.5. The number of hydrogen-bond donors (Lipinski definition) is 3. The molecule has 1 aromatic carbocycles. The van der Waals surface area contributed by atoms with E-state index in [0.29, 0.717) is 4.47 Å². The molecule has 0 heterocycles. The van der Waals surface area contributed by atoms with E-state index in [4.69, 9.17) is 0 Å². The fourth-order valence-corrected chi connectivity index (χ4v) is 2.60. The second-order valence-corrected chi connectivity index (χ2v) is 5.69. The lowest BCUT2D eigenvalue weighted by Crippen LogP contribution is -2.40. The number of nitrogens with one attached hydrogen (secondary N) is 1. The van der Waals surface area contributed by atoms with Crippen LogP contribution in [0.1, 0.15) is 36.0 Å². The van der Waals surface area contributed by atoms with Crippen molar-refractivity contribution >= 4 is 21.8 Å². The molecule has 1 saturated carbocycles. The van der Waals surface area contributed by atoms with Crippen LogP contribution in [0.3, 0.4) is 0 Å². The molecule has 0 saturated heterocycles. The minimum atomic E-state index is -0.777. The van der Waals surface area contributed by atoms with Crippen molar-refractivity contribution < 1.29 is 15.0 Å². The quantitative estimate of drug-likeness (QED) is 0.801. The monoisotopic (exact) mass is 313 g/mol. The van der Waals surface area contributed by atoms with E-state index in [2.05, 4.69) is 21.2 Å². The van der Waals surface area contributed by atoms with Crippen molar-refractivity contribution in [1.82, 2.24) is 5.32 Å². The molecule has 4 nitrogen and oxygen atoms in total. The van der Waals surface area contributed by atoms with Crippen LogP contribution in [0.15, 0.2) is 22.7 Å². The number of phenolic OH excluding ortho intramolecular Hbond substituents is 1. The zero-order valence-electron chi connectivity index (χ0n) is 9.95. The van der Waals surface area contributed by atoms with E-state index >= 15 is 0 Å². The molecule has 1 fully saturated rings. The van der Waals surface area contributed by atoms with Crippen LogP contribution >= 0.6 is 15.9 Å². The van der Waals surface area contributed by atoms with Crippen LogP contribution < -0.4 is 5.32 Å². The summed E-state index contributed by atoms with van der Waals surface area (Å²) in [5.74, 6) is -0.430. The lowest BCUT2D eigenvalue weighted by atomic mass is 10.0. The van der Waals surface area contributed by atoms with Crippen LogP contribution in [0.5, 0.6) is 5.75 Å². The van der Waals surface area contributed by atoms with Gasteiger partial charge in [-0.2, -0.15) is 0 Å². The molecule has 98 valence electrons. The molecular formula is C13H16BrNO3. The molecule has 5 heteroatoms. The Labute approximate surface area is 114 Å². The first-order chi connectivity index (χ1) is 8.50. The minimum absolute atomic E-state index is 0.0692. The number of carbonyl (C=O) groups excluding carboxylic acids is 1. The van der Waals surface area contributed by atoms with Gasteiger partial charge in [-0.1, -0.05) is 28.8 Å². The van der Waals surface area contributed by atoms with E-state index in [0.717, 1.165) is 25.7 Å². The Kier molecular flexibility index (Phi) is 3.92. The molecule has 0 radical (unpaired) electrons. The number of benzene rings is 1. The zero-order chi connectivity index (χ0) is 13.2. The summed E-state index contributed by atoms with van der Waals surface area (Å²) in [7, 11) is 0. The third kappa shape index (κ3) is 3.03. The first kappa shape index (κ1) is 13.4. The Morgan fingerprint density at radius 1 is 1.39 bits per heavy atom. The first-order valence-electron chi connectivity index (χ1n) is 5.99. The summed E-state index contributed by atoms with van der Waals surface area (Å²) in [6.07, 6.45) is 3.44. The molecular weight excluding hydrogens is 298 g/mol. The Morgan fingerprint density at radius 2 is 2.06 bits per heavy atom. The predicted molar refractivity (Wildman–Crippen MR) is 71.6 cm³/mol. The summed E-state index contributed by atoms with van der Waals surface area (Å²) in [4.78, 5) is 11.9. The summed E-state index contributed by atoms with van der Waals surface area (Å²) in [6, 6.07) is 4.71. The van der Waals surface area contributed by atoms with E-state index in [-0.39, 0.29) is 23.8 Å². The number of aliphatic hydroxyl groups is 1. The van der Waals surface area contributed by atoms with E-state index in [1.165, 1.54) is 6.07 Å². The molecule has 0 unspecified atom stereocenters. The van der Waals surface area contributed by atoms with Crippen molar-refractivity contribution in [3.05, 3.63) is 28.2 Å². The van der Waals surface area contributed by atoms with Crippen LogP contribution in [0, 0.1) is 0 Å². The van der Waals surface area contributed by atoms with Gasteiger partial charge in [0.05, 0.1) is 11.2 Å². The number of carbonyl (C=O) groups is 1. The van der Waals surface area contributed by atoms with Crippen LogP contribution in [-0.4, -0.2) is 28.3 Å². The summed E-state index contributed by atoms with van der Waals surface area (Å²) in [6.45, 7) is 0.237. The second-order valence-electron chi connectivity index (χ2n) is 4.78. The number of hydrogen-bond acceptors (Lipinski definition) is 3. The maximum absolute atomic E-state index is 11.9. The Hall–Kier alpha value is -1.07. The number of aromatic hydroxyl groups is 1. The van der Waals surface area contributed by atoms with Crippen molar-refractivity contribution in [2.24, 2.45) is 0 Å². The molecule has 1 aromatic rings. The summed E-state index contributed by atoms with van der Waals surface area (Å²) < 4.78 is 0.714. The van der Waals surface area contributed by atoms with Gasteiger partial charge in [0.2, 0.25) is 0 Å². The van der Waals surface area contributed by atoms with E-state index < -0.39 is 5.60 Å². The molecule has 1 amide bonds. The maximum Gasteiger partial charge on any atom is 0.255 e. The molecule has 0 aromatic heterocycles. The van der Waals surface area contributed by atoms with Crippen molar-refractivity contribution in [1.29, 1.82) is 0 Å². The lowest BCUT2D eigenvalue weighted by molar-refractivity contribution is 0.0449. The molecule has 2 rings (SSSR count). The minimum Gasteiger partial charge on any atom is -0.507 e. The summed E-state index contributed by atoms with van der Waals surface area (Å²) in [5, 5.41) is 22.5. The van der Waals surface area contributed by atoms with Gasteiger partial charge in [0.15, 0.2) is 0 Å². The third-order valence-electron chi connectivity index (χ3n) is 3.32. The van der Waals surface area contributed by atoms with E-state index in [9.17, 15) is 15.0 Å². The number of halogens is 1. The molecule has 0 spiro atoms. The molecule has 3 N–H and O–H groups in total. The van der Waals surface area contributed by atoms with Crippen molar-refractivity contribution in [3.8, 4) is 5.75 Å².